The van der Waals surface area contributed by atoms with E-state index in [2.05, 4.69) is 10.3 Å². The van der Waals surface area contributed by atoms with Crippen molar-refractivity contribution < 1.29 is 9.21 Å². The Bertz CT molecular complexity index is 810. The van der Waals surface area contributed by atoms with Gasteiger partial charge in [-0.15, -0.1) is 0 Å². The summed E-state index contributed by atoms with van der Waals surface area (Å²) >= 11 is 5.86. The van der Waals surface area contributed by atoms with Gasteiger partial charge in [0.1, 0.15) is 5.76 Å². The topological polar surface area (TPSA) is 55.1 Å². The van der Waals surface area contributed by atoms with Gasteiger partial charge in [0.15, 0.2) is 5.76 Å². The smallest absolute Gasteiger partial charge is 0.291 e. The number of hydrogen-bond donors (Lipinski definition) is 1. The SMILES string of the molecule is Cc1cc(NC(=O)c2ccc(-c3ccc(Cl)cc3)o2)ccn1. The molecule has 0 aliphatic heterocycles. The third-order valence-electron chi connectivity index (χ3n) is 3.11. The van der Waals surface area contributed by atoms with Crippen molar-refractivity contribution in [2.75, 3.05) is 5.32 Å². The summed E-state index contributed by atoms with van der Waals surface area (Å²) in [5.41, 5.74) is 2.38. The van der Waals surface area contributed by atoms with E-state index >= 15 is 0 Å². The number of aryl methyl sites for hydroxylation is 1. The van der Waals surface area contributed by atoms with Crippen molar-refractivity contribution in [2.24, 2.45) is 0 Å². The molecule has 0 fully saturated rings. The lowest BCUT2D eigenvalue weighted by Crippen LogP contribution is -2.10. The van der Waals surface area contributed by atoms with Crippen LogP contribution in [0.1, 0.15) is 16.2 Å². The van der Waals surface area contributed by atoms with Crippen LogP contribution in [0.3, 0.4) is 0 Å². The lowest BCUT2D eigenvalue weighted by Gasteiger charge is -2.03. The Balaban J connectivity index is 1.78. The maximum Gasteiger partial charge on any atom is 0.291 e. The Morgan fingerprint density at radius 1 is 1.14 bits per heavy atom. The number of halogens is 1. The summed E-state index contributed by atoms with van der Waals surface area (Å²) in [6.45, 7) is 1.86. The van der Waals surface area contributed by atoms with Gasteiger partial charge in [0, 0.05) is 28.2 Å². The van der Waals surface area contributed by atoms with E-state index in [1.165, 1.54) is 0 Å². The highest BCUT2D eigenvalue weighted by Crippen LogP contribution is 2.24. The van der Waals surface area contributed by atoms with E-state index in [9.17, 15) is 4.79 Å². The molecular weight excluding hydrogens is 300 g/mol. The van der Waals surface area contributed by atoms with Crippen LogP contribution in [-0.4, -0.2) is 10.9 Å². The molecule has 0 saturated carbocycles. The Labute approximate surface area is 132 Å². The molecule has 0 aliphatic rings. The molecule has 1 aromatic carbocycles. The Morgan fingerprint density at radius 2 is 1.91 bits per heavy atom. The van der Waals surface area contributed by atoms with Crippen molar-refractivity contribution in [1.29, 1.82) is 0 Å². The molecule has 22 heavy (non-hydrogen) atoms. The summed E-state index contributed by atoms with van der Waals surface area (Å²) in [6.07, 6.45) is 1.65. The monoisotopic (exact) mass is 312 g/mol. The zero-order valence-corrected chi connectivity index (χ0v) is 12.6. The van der Waals surface area contributed by atoms with E-state index in [0.29, 0.717) is 16.5 Å². The van der Waals surface area contributed by atoms with Crippen LogP contribution in [-0.2, 0) is 0 Å². The van der Waals surface area contributed by atoms with Crippen LogP contribution >= 0.6 is 11.6 Å². The minimum Gasteiger partial charge on any atom is -0.451 e. The van der Waals surface area contributed by atoms with Crippen LogP contribution in [0.5, 0.6) is 0 Å². The molecule has 0 bridgehead atoms. The van der Waals surface area contributed by atoms with Crippen LogP contribution in [0.15, 0.2) is 59.1 Å². The van der Waals surface area contributed by atoms with E-state index < -0.39 is 0 Å². The molecule has 2 heterocycles. The molecule has 0 saturated heterocycles. The Morgan fingerprint density at radius 3 is 2.64 bits per heavy atom. The van der Waals surface area contributed by atoms with Gasteiger partial charge in [-0.25, -0.2) is 0 Å². The molecule has 0 radical (unpaired) electrons. The first-order valence-electron chi connectivity index (χ1n) is 6.71. The summed E-state index contributed by atoms with van der Waals surface area (Å²) in [4.78, 5) is 16.3. The molecule has 5 heteroatoms. The van der Waals surface area contributed by atoms with Gasteiger partial charge in [-0.3, -0.25) is 9.78 Å². The van der Waals surface area contributed by atoms with Crippen molar-refractivity contribution in [1.82, 2.24) is 4.98 Å². The second-order valence-corrected chi connectivity index (χ2v) is 5.25. The van der Waals surface area contributed by atoms with Gasteiger partial charge in [-0.05, 0) is 55.5 Å². The van der Waals surface area contributed by atoms with Gasteiger partial charge < -0.3 is 9.73 Å². The number of rotatable bonds is 3. The Kier molecular flexibility index (Phi) is 3.94. The molecule has 0 atom stereocenters. The van der Waals surface area contributed by atoms with Gasteiger partial charge in [-0.1, -0.05) is 11.6 Å². The average Bonchev–Trinajstić information content (AvgIpc) is 2.98. The number of amides is 1. The predicted molar refractivity (Wildman–Crippen MR) is 86.1 cm³/mol. The number of nitrogens with zero attached hydrogens (tertiary/aromatic N) is 1. The molecule has 1 N–H and O–H groups in total. The summed E-state index contributed by atoms with van der Waals surface area (Å²) in [5.74, 6) is 0.568. The van der Waals surface area contributed by atoms with Crippen molar-refractivity contribution in [3.05, 3.63) is 71.2 Å². The quantitative estimate of drug-likeness (QED) is 0.771. The molecule has 110 valence electrons. The number of carbonyl (C=O) groups is 1. The minimum atomic E-state index is -0.300. The van der Waals surface area contributed by atoms with Gasteiger partial charge >= 0.3 is 0 Å². The van der Waals surface area contributed by atoms with E-state index in [-0.39, 0.29) is 11.7 Å². The predicted octanol–water partition coefficient (Wildman–Crippen LogP) is 4.56. The van der Waals surface area contributed by atoms with E-state index in [1.54, 1.807) is 42.6 Å². The molecule has 0 aliphatic carbocycles. The van der Waals surface area contributed by atoms with Crippen LogP contribution in [0.25, 0.3) is 11.3 Å². The summed E-state index contributed by atoms with van der Waals surface area (Å²) in [5, 5.41) is 3.43. The van der Waals surface area contributed by atoms with Crippen molar-refractivity contribution in [3.8, 4) is 11.3 Å². The highest BCUT2D eigenvalue weighted by Gasteiger charge is 2.12. The van der Waals surface area contributed by atoms with Crippen molar-refractivity contribution in [2.45, 2.75) is 6.92 Å². The molecular formula is C17H13ClN2O2. The van der Waals surface area contributed by atoms with E-state index in [1.807, 2.05) is 19.1 Å². The molecule has 3 aromatic rings. The maximum atomic E-state index is 12.2. The molecule has 3 rings (SSSR count). The molecule has 0 spiro atoms. The molecule has 2 aromatic heterocycles. The second-order valence-electron chi connectivity index (χ2n) is 4.81. The Hall–Kier alpha value is -2.59. The number of anilines is 1. The second kappa shape index (κ2) is 6.03. The van der Waals surface area contributed by atoms with E-state index in [0.717, 1.165) is 11.3 Å². The average molecular weight is 313 g/mol. The van der Waals surface area contributed by atoms with Crippen molar-refractivity contribution >= 4 is 23.2 Å². The standard InChI is InChI=1S/C17H13ClN2O2/c1-11-10-14(8-9-19-11)20-17(21)16-7-6-15(22-16)12-2-4-13(18)5-3-12/h2-10H,1H3,(H,19,20,21). The molecule has 1 amide bonds. The molecule has 4 nitrogen and oxygen atoms in total. The van der Waals surface area contributed by atoms with Crippen molar-refractivity contribution in [3.63, 3.8) is 0 Å². The summed E-state index contributed by atoms with van der Waals surface area (Å²) < 4.78 is 5.60. The minimum absolute atomic E-state index is 0.249. The fraction of sp³-hybridized carbons (Fsp3) is 0.0588. The highest BCUT2D eigenvalue weighted by molar-refractivity contribution is 6.30. The third-order valence-corrected chi connectivity index (χ3v) is 3.37. The van der Waals surface area contributed by atoms with Crippen LogP contribution in [0, 0.1) is 6.92 Å². The van der Waals surface area contributed by atoms with Crippen LogP contribution < -0.4 is 5.32 Å². The maximum absolute atomic E-state index is 12.2. The fourth-order valence-electron chi connectivity index (χ4n) is 2.05. The summed E-state index contributed by atoms with van der Waals surface area (Å²) in [7, 11) is 0. The first-order valence-corrected chi connectivity index (χ1v) is 7.09. The number of hydrogen-bond acceptors (Lipinski definition) is 3. The normalized spacial score (nSPS) is 10.5. The van der Waals surface area contributed by atoms with E-state index in [4.69, 9.17) is 16.0 Å². The zero-order valence-electron chi connectivity index (χ0n) is 11.8. The first-order chi connectivity index (χ1) is 10.6. The van der Waals surface area contributed by atoms with Gasteiger partial charge in [0.2, 0.25) is 0 Å². The summed E-state index contributed by atoms with van der Waals surface area (Å²) in [6, 6.07) is 14.2. The fourth-order valence-corrected chi connectivity index (χ4v) is 2.17. The third kappa shape index (κ3) is 3.18. The number of carbonyl (C=O) groups excluding carboxylic acids is 1. The van der Waals surface area contributed by atoms with Gasteiger partial charge in [0.25, 0.3) is 5.91 Å². The van der Waals surface area contributed by atoms with Crippen LogP contribution in [0.2, 0.25) is 5.02 Å². The first kappa shape index (κ1) is 14.4. The lowest BCUT2D eigenvalue weighted by atomic mass is 10.2. The lowest BCUT2D eigenvalue weighted by molar-refractivity contribution is 0.0997. The largest absolute Gasteiger partial charge is 0.451 e. The van der Waals surface area contributed by atoms with Gasteiger partial charge in [0.05, 0.1) is 0 Å². The number of nitrogens with one attached hydrogen (secondary N) is 1. The van der Waals surface area contributed by atoms with Crippen LogP contribution in [0.4, 0.5) is 5.69 Å². The number of pyridine rings is 1. The number of furan rings is 1. The number of aromatic nitrogens is 1. The zero-order chi connectivity index (χ0) is 15.5. The molecule has 0 unspecified atom stereocenters. The number of benzene rings is 1. The van der Waals surface area contributed by atoms with Gasteiger partial charge in [-0.2, -0.15) is 0 Å². The highest BCUT2D eigenvalue weighted by atomic mass is 35.5.